The number of likely N-dealkylation sites (N-methyl/N-ethyl adjacent to an activating group) is 1. The fourth-order valence-corrected chi connectivity index (χ4v) is 4.20. The van der Waals surface area contributed by atoms with E-state index in [1.807, 2.05) is 38.2 Å². The molecule has 1 aromatic rings. The van der Waals surface area contributed by atoms with Gasteiger partial charge in [-0.2, -0.15) is 4.31 Å². The molecule has 0 bridgehead atoms. The first-order valence-electron chi connectivity index (χ1n) is 7.30. The summed E-state index contributed by atoms with van der Waals surface area (Å²) in [6.45, 7) is 3.71. The molecule has 0 spiro atoms. The topological polar surface area (TPSA) is 49.9 Å². The third kappa shape index (κ3) is 3.75. The number of sulfonamides is 1. The number of hydrogen-bond acceptors (Lipinski definition) is 4. The van der Waals surface area contributed by atoms with Crippen molar-refractivity contribution in [3.8, 4) is 5.75 Å². The number of methoxy groups -OCH3 is 1. The quantitative estimate of drug-likeness (QED) is 0.831. The predicted octanol–water partition coefficient (Wildman–Crippen LogP) is 1.72. The van der Waals surface area contributed by atoms with E-state index in [2.05, 4.69) is 4.90 Å². The highest BCUT2D eigenvalue weighted by molar-refractivity contribution is 7.89. The first kappa shape index (κ1) is 16.3. The van der Waals surface area contributed by atoms with E-state index < -0.39 is 10.0 Å². The largest absolute Gasteiger partial charge is 0.497 e. The molecule has 21 heavy (non-hydrogen) atoms. The Kier molecular flexibility index (Phi) is 5.24. The Bertz CT molecular complexity index is 574. The first-order chi connectivity index (χ1) is 9.97. The minimum absolute atomic E-state index is 0.0699. The zero-order valence-electron chi connectivity index (χ0n) is 12.9. The molecule has 1 unspecified atom stereocenters. The van der Waals surface area contributed by atoms with E-state index in [9.17, 15) is 8.42 Å². The number of nitrogens with zero attached hydrogens (tertiary/aromatic N) is 2. The summed E-state index contributed by atoms with van der Waals surface area (Å²) in [5.41, 5.74) is 1.09. The van der Waals surface area contributed by atoms with Gasteiger partial charge in [-0.3, -0.25) is 4.90 Å². The molecule has 0 amide bonds. The lowest BCUT2D eigenvalue weighted by molar-refractivity contribution is 0.148. The van der Waals surface area contributed by atoms with Crippen LogP contribution in [0, 0.1) is 0 Å². The summed E-state index contributed by atoms with van der Waals surface area (Å²) in [7, 11) is 0.538. The van der Waals surface area contributed by atoms with Gasteiger partial charge in [-0.05, 0) is 31.2 Å². The maximum Gasteiger partial charge on any atom is 0.214 e. The van der Waals surface area contributed by atoms with E-state index in [0.29, 0.717) is 19.5 Å². The highest BCUT2D eigenvalue weighted by Gasteiger charge is 2.32. The molecule has 1 heterocycles. The molecule has 6 heteroatoms. The van der Waals surface area contributed by atoms with Gasteiger partial charge in [0, 0.05) is 25.7 Å². The van der Waals surface area contributed by atoms with E-state index in [-0.39, 0.29) is 11.8 Å². The predicted molar refractivity (Wildman–Crippen MR) is 84.0 cm³/mol. The third-order valence-electron chi connectivity index (χ3n) is 3.94. The summed E-state index contributed by atoms with van der Waals surface area (Å²) in [5.74, 6) is 1.02. The molecule has 0 N–H and O–H groups in total. The number of benzene rings is 1. The Morgan fingerprint density at radius 1 is 1.33 bits per heavy atom. The van der Waals surface area contributed by atoms with Crippen molar-refractivity contribution >= 4 is 10.0 Å². The van der Waals surface area contributed by atoms with Crippen molar-refractivity contribution in [2.75, 3.05) is 39.5 Å². The number of piperazine rings is 1. The Labute approximate surface area is 127 Å². The van der Waals surface area contributed by atoms with E-state index in [1.165, 1.54) is 0 Å². The monoisotopic (exact) mass is 312 g/mol. The average Bonchev–Trinajstić information content (AvgIpc) is 2.47. The summed E-state index contributed by atoms with van der Waals surface area (Å²) >= 11 is 0. The normalized spacial score (nSPS) is 21.4. The van der Waals surface area contributed by atoms with Gasteiger partial charge in [-0.25, -0.2) is 8.42 Å². The molecule has 5 nitrogen and oxygen atoms in total. The van der Waals surface area contributed by atoms with Gasteiger partial charge in [0.05, 0.1) is 12.9 Å². The van der Waals surface area contributed by atoms with Crippen molar-refractivity contribution in [1.82, 2.24) is 9.21 Å². The highest BCUT2D eigenvalue weighted by Crippen LogP contribution is 2.28. The zero-order valence-corrected chi connectivity index (χ0v) is 13.8. The van der Waals surface area contributed by atoms with Crippen LogP contribution >= 0.6 is 0 Å². The van der Waals surface area contributed by atoms with Crippen LogP contribution in [0.15, 0.2) is 24.3 Å². The molecule has 1 aromatic carbocycles. The lowest BCUT2D eigenvalue weighted by Gasteiger charge is -2.39. The van der Waals surface area contributed by atoms with Crippen LogP contribution in [-0.4, -0.2) is 57.2 Å². The van der Waals surface area contributed by atoms with Gasteiger partial charge in [-0.15, -0.1) is 0 Å². The van der Waals surface area contributed by atoms with Crippen LogP contribution in [-0.2, 0) is 10.0 Å². The first-order valence-corrected chi connectivity index (χ1v) is 8.91. The van der Waals surface area contributed by atoms with E-state index in [4.69, 9.17) is 4.74 Å². The Morgan fingerprint density at radius 3 is 2.76 bits per heavy atom. The van der Waals surface area contributed by atoms with Crippen molar-refractivity contribution < 1.29 is 13.2 Å². The smallest absolute Gasteiger partial charge is 0.214 e. The lowest BCUT2D eigenvalue weighted by Crippen LogP contribution is -2.49. The molecule has 0 aliphatic carbocycles. The SMILES string of the molecule is CCCS(=O)(=O)N1CCN(C)C(c2cccc(OC)c2)C1. The average molecular weight is 312 g/mol. The van der Waals surface area contributed by atoms with Crippen molar-refractivity contribution in [3.63, 3.8) is 0 Å². The molecule has 0 saturated carbocycles. The molecular formula is C15H24N2O3S. The van der Waals surface area contributed by atoms with E-state index in [0.717, 1.165) is 17.9 Å². The fourth-order valence-electron chi connectivity index (χ4n) is 2.70. The summed E-state index contributed by atoms with van der Waals surface area (Å²) in [5, 5.41) is 0. The second-order valence-corrected chi connectivity index (χ2v) is 7.54. The van der Waals surface area contributed by atoms with E-state index >= 15 is 0 Å². The molecule has 1 saturated heterocycles. The van der Waals surface area contributed by atoms with Crippen molar-refractivity contribution in [1.29, 1.82) is 0 Å². The van der Waals surface area contributed by atoms with Gasteiger partial charge in [0.2, 0.25) is 10.0 Å². The Balaban J connectivity index is 2.22. The molecule has 2 rings (SSSR count). The molecule has 1 fully saturated rings. The van der Waals surface area contributed by atoms with Gasteiger partial charge >= 0.3 is 0 Å². The lowest BCUT2D eigenvalue weighted by atomic mass is 10.0. The number of rotatable bonds is 5. The van der Waals surface area contributed by atoms with Crippen LogP contribution in [0.4, 0.5) is 0 Å². The van der Waals surface area contributed by atoms with Gasteiger partial charge in [0.25, 0.3) is 0 Å². The van der Waals surface area contributed by atoms with Crippen LogP contribution in [0.25, 0.3) is 0 Å². The maximum absolute atomic E-state index is 12.3. The number of ether oxygens (including phenoxy) is 1. The molecule has 118 valence electrons. The number of hydrogen-bond donors (Lipinski definition) is 0. The van der Waals surface area contributed by atoms with Gasteiger partial charge in [-0.1, -0.05) is 19.1 Å². The van der Waals surface area contributed by atoms with Crippen LogP contribution in [0.2, 0.25) is 0 Å². The van der Waals surface area contributed by atoms with Crippen LogP contribution in [0.5, 0.6) is 5.75 Å². The van der Waals surface area contributed by atoms with Crippen LogP contribution < -0.4 is 4.74 Å². The summed E-state index contributed by atoms with van der Waals surface area (Å²) in [6, 6.07) is 7.93. The van der Waals surface area contributed by atoms with Crippen molar-refractivity contribution in [2.24, 2.45) is 0 Å². The second kappa shape index (κ2) is 6.77. The van der Waals surface area contributed by atoms with Crippen LogP contribution in [0.1, 0.15) is 24.9 Å². The maximum atomic E-state index is 12.3. The minimum Gasteiger partial charge on any atom is -0.497 e. The van der Waals surface area contributed by atoms with Crippen LogP contribution in [0.3, 0.4) is 0 Å². The zero-order chi connectivity index (χ0) is 15.5. The van der Waals surface area contributed by atoms with Crippen molar-refractivity contribution in [2.45, 2.75) is 19.4 Å². The summed E-state index contributed by atoms with van der Waals surface area (Å²) < 4.78 is 31.4. The second-order valence-electron chi connectivity index (χ2n) is 5.45. The van der Waals surface area contributed by atoms with Gasteiger partial charge in [0.15, 0.2) is 0 Å². The molecule has 0 aromatic heterocycles. The molecular weight excluding hydrogens is 288 g/mol. The van der Waals surface area contributed by atoms with Crippen molar-refractivity contribution in [3.05, 3.63) is 29.8 Å². The summed E-state index contributed by atoms with van der Waals surface area (Å²) in [4.78, 5) is 2.20. The Morgan fingerprint density at radius 2 is 2.10 bits per heavy atom. The Hall–Kier alpha value is -1.11. The molecule has 1 atom stereocenters. The van der Waals surface area contributed by atoms with Gasteiger partial charge < -0.3 is 4.74 Å². The highest BCUT2D eigenvalue weighted by atomic mass is 32.2. The molecule has 1 aliphatic rings. The molecule has 0 radical (unpaired) electrons. The van der Waals surface area contributed by atoms with Gasteiger partial charge in [0.1, 0.15) is 5.75 Å². The molecule has 1 aliphatic heterocycles. The minimum atomic E-state index is -3.14. The standard InChI is InChI=1S/C15H24N2O3S/c1-4-10-21(18,19)17-9-8-16(2)15(12-17)13-6-5-7-14(11-13)20-3/h5-7,11,15H,4,8-10,12H2,1-3H3. The summed E-state index contributed by atoms with van der Waals surface area (Å²) in [6.07, 6.45) is 0.651. The fraction of sp³-hybridized carbons (Fsp3) is 0.600. The third-order valence-corrected chi connectivity index (χ3v) is 5.99. The van der Waals surface area contributed by atoms with E-state index in [1.54, 1.807) is 11.4 Å².